The van der Waals surface area contributed by atoms with Gasteiger partial charge in [0.25, 0.3) is 0 Å². The summed E-state index contributed by atoms with van der Waals surface area (Å²) in [7, 11) is 2.75. The van der Waals surface area contributed by atoms with E-state index in [2.05, 4.69) is 67.6 Å². The number of alkyl carbamates (subject to hydrolysis) is 1. The van der Waals surface area contributed by atoms with Crippen LogP contribution in [0, 0.1) is 11.8 Å². The third-order valence-electron chi connectivity index (χ3n) is 13.7. The van der Waals surface area contributed by atoms with Crippen LogP contribution < -0.4 is 10.2 Å². The molecule has 0 bridgehead atoms. The highest BCUT2D eigenvalue weighted by Gasteiger charge is 2.41. The molecule has 0 unspecified atom stereocenters. The molecule has 0 radical (unpaired) electrons. The molecule has 17 heteroatoms. The number of methoxy groups -OCH3 is 1. The zero-order chi connectivity index (χ0) is 46.4. The Hall–Kier alpha value is -6.91. The van der Waals surface area contributed by atoms with Crippen LogP contribution in [0.5, 0.6) is 0 Å². The number of aromatic nitrogens is 5. The summed E-state index contributed by atoms with van der Waals surface area (Å²) in [4.78, 5) is 80.7. The number of rotatable bonds is 12. The van der Waals surface area contributed by atoms with Gasteiger partial charge in [0, 0.05) is 31.4 Å². The van der Waals surface area contributed by atoms with Gasteiger partial charge in [0.2, 0.25) is 17.7 Å². The molecular formula is C49H58N10O7. The number of carbonyl (C=O) groups is 4. The van der Waals surface area contributed by atoms with E-state index >= 15 is 0 Å². The van der Waals surface area contributed by atoms with Crippen molar-refractivity contribution in [3.05, 3.63) is 95.9 Å². The third-order valence-corrected chi connectivity index (χ3v) is 13.7. The Bertz CT molecular complexity index is 2730. The lowest BCUT2D eigenvalue weighted by atomic mass is 10.0. The van der Waals surface area contributed by atoms with Crippen LogP contribution in [-0.4, -0.2) is 108 Å². The topological polar surface area (TPSA) is 206 Å². The fraction of sp³-hybridized carbons (Fsp3) is 0.449. The monoisotopic (exact) mass is 898 g/mol. The number of likely N-dealkylation sites (N-methyl/N-ethyl adjacent to an activating group) is 1. The molecule has 3 aromatic heterocycles. The number of anilines is 1. The van der Waals surface area contributed by atoms with Crippen molar-refractivity contribution >= 4 is 51.8 Å². The van der Waals surface area contributed by atoms with Gasteiger partial charge in [-0.15, -0.1) is 0 Å². The Morgan fingerprint density at radius 1 is 0.773 bits per heavy atom. The number of aromatic amines is 2. The van der Waals surface area contributed by atoms with Gasteiger partial charge in [-0.1, -0.05) is 39.8 Å². The normalized spacial score (nSPS) is 20.8. The van der Waals surface area contributed by atoms with E-state index in [0.717, 1.165) is 93.7 Å². The number of carbonyl (C=O) groups excluding carboxylic acids is 3. The molecule has 3 fully saturated rings. The lowest BCUT2D eigenvalue weighted by molar-refractivity contribution is -0.138. The van der Waals surface area contributed by atoms with E-state index in [9.17, 15) is 24.3 Å². The van der Waals surface area contributed by atoms with Crippen molar-refractivity contribution in [1.82, 2.24) is 44.9 Å². The van der Waals surface area contributed by atoms with Gasteiger partial charge in [-0.2, -0.15) is 0 Å². The Balaban J connectivity index is 1.01. The van der Waals surface area contributed by atoms with Crippen molar-refractivity contribution in [1.29, 1.82) is 0 Å². The zero-order valence-corrected chi connectivity index (χ0v) is 38.2. The minimum absolute atomic E-state index is 0.000219. The third kappa shape index (κ3) is 8.30. The summed E-state index contributed by atoms with van der Waals surface area (Å²) in [6.07, 6.45) is 6.30. The highest BCUT2D eigenvalue weighted by Crippen LogP contribution is 2.48. The molecule has 0 aliphatic carbocycles. The largest absolute Gasteiger partial charge is 0.465 e. The molecule has 4 amide bonds. The predicted molar refractivity (Wildman–Crippen MR) is 247 cm³/mol. The van der Waals surface area contributed by atoms with E-state index in [0.29, 0.717) is 24.8 Å². The lowest BCUT2D eigenvalue weighted by Gasteiger charge is -2.33. The minimum Gasteiger partial charge on any atom is -0.465 e. The van der Waals surface area contributed by atoms with Gasteiger partial charge in [-0.05, 0) is 110 Å². The molecule has 3 saturated heterocycles. The van der Waals surface area contributed by atoms with Crippen molar-refractivity contribution in [3.8, 4) is 11.5 Å². The number of amides is 4. The van der Waals surface area contributed by atoms with Gasteiger partial charge in [0.1, 0.15) is 30.0 Å². The van der Waals surface area contributed by atoms with Crippen molar-refractivity contribution in [2.24, 2.45) is 11.8 Å². The summed E-state index contributed by atoms with van der Waals surface area (Å²) >= 11 is 0. The van der Waals surface area contributed by atoms with Gasteiger partial charge < -0.3 is 44.2 Å². The summed E-state index contributed by atoms with van der Waals surface area (Å²) in [6.45, 7) is 8.66. The first kappa shape index (κ1) is 44.3. The minimum atomic E-state index is -1.13. The molecule has 3 aromatic carbocycles. The van der Waals surface area contributed by atoms with E-state index in [-0.39, 0.29) is 47.8 Å². The second kappa shape index (κ2) is 18.2. The Kier molecular flexibility index (Phi) is 12.2. The standard InChI is InChI=1S/C49H58N10O7/c1-27(2)41(55-48(62)65-6)46(60)57-22-7-9-39(57)43-51-33-17-13-30(25-35(33)53-43)37-19-20-38(59(37)32-15-11-29(12-16-32)45-50-21-24-66-45)31-14-18-34-36(26-31)54-44(52-34)40-10-8-23-58(40)47(61)42(28(3)4)56(5)49(63)64/h11-18,21,24-28,37-42H,7-10,19-20,22-23H2,1-6H3,(H,51,53)(H,52,54)(H,55,62)(H,63,64)/t37-,38-,39+,40+,41+,42+/m1/s1. The lowest BCUT2D eigenvalue weighted by Crippen LogP contribution is -2.51. The summed E-state index contributed by atoms with van der Waals surface area (Å²) in [5, 5.41) is 12.5. The molecule has 4 N–H and O–H groups in total. The first-order valence-electron chi connectivity index (χ1n) is 23.0. The molecule has 0 saturated carbocycles. The highest BCUT2D eigenvalue weighted by molar-refractivity contribution is 5.87. The summed E-state index contributed by atoms with van der Waals surface area (Å²) in [5.74, 6) is 1.29. The van der Waals surface area contributed by atoms with E-state index < -0.39 is 24.3 Å². The number of ether oxygens (including phenoxy) is 1. The van der Waals surface area contributed by atoms with Crippen molar-refractivity contribution < 1.29 is 33.4 Å². The molecule has 6 aromatic rings. The van der Waals surface area contributed by atoms with Gasteiger partial charge in [0.15, 0.2) is 0 Å². The van der Waals surface area contributed by atoms with Crippen LogP contribution in [0.4, 0.5) is 15.3 Å². The fourth-order valence-corrected chi connectivity index (χ4v) is 10.5. The van der Waals surface area contributed by atoms with E-state index in [1.54, 1.807) is 17.4 Å². The first-order valence-corrected chi connectivity index (χ1v) is 23.0. The summed E-state index contributed by atoms with van der Waals surface area (Å²) in [6, 6.07) is 19.0. The molecule has 9 rings (SSSR count). The van der Waals surface area contributed by atoms with Crippen LogP contribution in [0.3, 0.4) is 0 Å². The number of nitrogens with zero attached hydrogens (tertiary/aromatic N) is 7. The number of H-pyrrole nitrogens is 2. The van der Waals surface area contributed by atoms with Crippen LogP contribution in [0.15, 0.2) is 77.5 Å². The highest BCUT2D eigenvalue weighted by atomic mass is 16.5. The quantitative estimate of drug-likeness (QED) is 0.0916. The second-order valence-corrected chi connectivity index (χ2v) is 18.5. The molecule has 3 aliphatic rings. The van der Waals surface area contributed by atoms with Gasteiger partial charge >= 0.3 is 12.2 Å². The molecule has 0 spiro atoms. The van der Waals surface area contributed by atoms with Crippen LogP contribution >= 0.6 is 0 Å². The Labute approximate surface area is 382 Å². The maximum atomic E-state index is 13.9. The van der Waals surface area contributed by atoms with E-state index in [1.165, 1.54) is 14.2 Å². The fourth-order valence-electron chi connectivity index (χ4n) is 10.5. The van der Waals surface area contributed by atoms with Gasteiger partial charge in [-0.3, -0.25) is 14.5 Å². The summed E-state index contributed by atoms with van der Waals surface area (Å²) < 4.78 is 10.4. The molecular weight excluding hydrogens is 841 g/mol. The number of hydrogen-bond donors (Lipinski definition) is 4. The summed E-state index contributed by atoms with van der Waals surface area (Å²) in [5.41, 5.74) is 7.54. The number of carboxylic acid groups (broad SMARTS) is 1. The number of nitrogens with one attached hydrogen (secondary N) is 3. The number of oxazole rings is 1. The zero-order valence-electron chi connectivity index (χ0n) is 38.2. The first-order chi connectivity index (χ1) is 31.8. The molecule has 346 valence electrons. The number of fused-ring (bicyclic) bond motifs is 2. The number of hydrogen-bond acceptors (Lipinski definition) is 10. The van der Waals surface area contributed by atoms with Gasteiger partial charge in [-0.25, -0.2) is 24.5 Å². The average molecular weight is 899 g/mol. The second-order valence-electron chi connectivity index (χ2n) is 18.5. The Morgan fingerprint density at radius 3 is 1.82 bits per heavy atom. The average Bonchev–Trinajstić information content (AvgIpc) is 4.17. The molecule has 66 heavy (non-hydrogen) atoms. The van der Waals surface area contributed by atoms with Crippen molar-refractivity contribution in [2.45, 2.75) is 102 Å². The van der Waals surface area contributed by atoms with Crippen LogP contribution in [0.25, 0.3) is 33.5 Å². The predicted octanol–water partition coefficient (Wildman–Crippen LogP) is 8.52. The van der Waals surface area contributed by atoms with Crippen molar-refractivity contribution in [2.75, 3.05) is 32.1 Å². The number of likely N-dealkylation sites (tertiary alicyclic amines) is 2. The van der Waals surface area contributed by atoms with Crippen LogP contribution in [-0.2, 0) is 14.3 Å². The van der Waals surface area contributed by atoms with Crippen LogP contribution in [0.1, 0.15) is 113 Å². The smallest absolute Gasteiger partial charge is 0.407 e. The SMILES string of the molecule is COC(=O)N[C@H](C(=O)N1CCC[C@H]1c1nc2ccc([C@H]3CC[C@H](c4ccc5nc([C@@H]6CCCN6C(=O)[C@H](C(C)C)N(C)C(=O)O)[nH]c5c4)N3c3ccc(-c4ncco4)cc3)cc2[nH]1)C(C)C. The number of imidazole rings is 2. The molecule has 17 nitrogen and oxygen atoms in total. The van der Waals surface area contributed by atoms with Gasteiger partial charge in [0.05, 0.1) is 59.5 Å². The van der Waals surface area contributed by atoms with Crippen molar-refractivity contribution in [3.63, 3.8) is 0 Å². The van der Waals surface area contributed by atoms with E-state index in [4.69, 9.17) is 19.1 Å². The number of benzene rings is 3. The Morgan fingerprint density at radius 2 is 1.33 bits per heavy atom. The molecule has 6 heterocycles. The van der Waals surface area contributed by atoms with E-state index in [1.807, 2.05) is 50.8 Å². The molecule has 3 aliphatic heterocycles. The maximum Gasteiger partial charge on any atom is 0.407 e. The molecule has 6 atom stereocenters. The van der Waals surface area contributed by atoms with Crippen LogP contribution in [0.2, 0.25) is 0 Å². The maximum absolute atomic E-state index is 13.9.